The molecule has 1 N–H and O–H groups in total. The van der Waals surface area contributed by atoms with E-state index in [0.717, 1.165) is 12.8 Å². The highest BCUT2D eigenvalue weighted by Crippen LogP contribution is 2.34. The lowest BCUT2D eigenvalue weighted by molar-refractivity contribution is 0.214. The number of nitrogens with zero attached hydrogens (tertiary/aromatic N) is 1. The quantitative estimate of drug-likeness (QED) is 0.805. The molecule has 1 aliphatic rings. The van der Waals surface area contributed by atoms with E-state index in [9.17, 15) is 9.59 Å². The molecule has 1 heterocycles. The Balaban J connectivity index is 2.51. The topological polar surface area (TPSA) is 54.9 Å². The van der Waals surface area contributed by atoms with Crippen molar-refractivity contribution in [2.45, 2.75) is 39.2 Å². The molecule has 1 aliphatic carbocycles. The number of hydrogen-bond acceptors (Lipinski definition) is 2. The van der Waals surface area contributed by atoms with E-state index in [1.807, 2.05) is 6.92 Å². The molecule has 1 saturated carbocycles. The van der Waals surface area contributed by atoms with Gasteiger partial charge < -0.3 is 0 Å². The highest BCUT2D eigenvalue weighted by Gasteiger charge is 2.27. The molecular formula is C11H15ClN2O2. The van der Waals surface area contributed by atoms with Crippen LogP contribution in [-0.4, -0.2) is 9.55 Å². The van der Waals surface area contributed by atoms with Gasteiger partial charge in [-0.3, -0.25) is 14.3 Å². The Morgan fingerprint density at radius 3 is 2.56 bits per heavy atom. The number of rotatable bonds is 2. The molecule has 1 atom stereocenters. The van der Waals surface area contributed by atoms with Crippen LogP contribution in [0, 0.1) is 12.8 Å². The van der Waals surface area contributed by atoms with E-state index in [4.69, 9.17) is 11.6 Å². The molecule has 0 radical (unpaired) electrons. The summed E-state index contributed by atoms with van der Waals surface area (Å²) in [6, 6.07) is -0.0408. The number of hydrogen-bond donors (Lipinski definition) is 1. The zero-order valence-corrected chi connectivity index (χ0v) is 10.2. The molecule has 1 unspecified atom stereocenters. The lowest BCUT2D eigenvalue weighted by Crippen LogP contribution is -2.42. The predicted molar refractivity (Wildman–Crippen MR) is 63.1 cm³/mol. The van der Waals surface area contributed by atoms with Crippen molar-refractivity contribution >= 4 is 11.6 Å². The first-order chi connectivity index (χ1) is 7.52. The van der Waals surface area contributed by atoms with E-state index in [2.05, 4.69) is 4.98 Å². The molecule has 16 heavy (non-hydrogen) atoms. The smallest absolute Gasteiger partial charge is 0.297 e. The lowest BCUT2D eigenvalue weighted by atomic mass is 9.80. The Hall–Kier alpha value is -1.03. The number of H-pyrrole nitrogens is 1. The standard InChI is InChI=1S/C11H15ClN2O2/c1-6-9(12)13-11(16)14(10(6)15)7(2)8-4-3-5-8/h7-8H,3-5H2,1-2H3,(H,13,16). The zero-order valence-electron chi connectivity index (χ0n) is 9.42. The third kappa shape index (κ3) is 1.71. The summed E-state index contributed by atoms with van der Waals surface area (Å²) in [5.74, 6) is 0.444. The summed E-state index contributed by atoms with van der Waals surface area (Å²) < 4.78 is 1.30. The Labute approximate surface area is 98.3 Å². The third-order valence-corrected chi connectivity index (χ3v) is 3.92. The molecule has 0 aromatic carbocycles. The summed E-state index contributed by atoms with van der Waals surface area (Å²) in [6.45, 7) is 3.55. The molecule has 1 aromatic rings. The van der Waals surface area contributed by atoms with Gasteiger partial charge in [0.2, 0.25) is 0 Å². The molecule has 0 amide bonds. The first kappa shape index (κ1) is 11.5. The fourth-order valence-electron chi connectivity index (χ4n) is 2.12. The molecule has 5 heteroatoms. The van der Waals surface area contributed by atoms with Crippen LogP contribution in [0.25, 0.3) is 0 Å². The van der Waals surface area contributed by atoms with Gasteiger partial charge in [0, 0.05) is 11.6 Å². The lowest BCUT2D eigenvalue weighted by Gasteiger charge is -2.32. The third-order valence-electron chi connectivity index (χ3n) is 3.54. The molecule has 4 nitrogen and oxygen atoms in total. The Kier molecular flexibility index (Phi) is 2.93. The number of aromatic nitrogens is 2. The summed E-state index contributed by atoms with van der Waals surface area (Å²) in [7, 11) is 0. The first-order valence-electron chi connectivity index (χ1n) is 5.53. The SMILES string of the molecule is Cc1c(Cl)[nH]c(=O)n(C(C)C2CCC2)c1=O. The summed E-state index contributed by atoms with van der Waals surface area (Å²) >= 11 is 5.75. The monoisotopic (exact) mass is 242 g/mol. The van der Waals surface area contributed by atoms with Crippen LogP contribution in [0.4, 0.5) is 0 Å². The summed E-state index contributed by atoms with van der Waals surface area (Å²) in [5.41, 5.74) is -0.263. The molecule has 0 saturated heterocycles. The van der Waals surface area contributed by atoms with Crippen molar-refractivity contribution < 1.29 is 0 Å². The van der Waals surface area contributed by atoms with Crippen molar-refractivity contribution in [3.8, 4) is 0 Å². The molecule has 1 aromatic heterocycles. The van der Waals surface area contributed by atoms with Gasteiger partial charge >= 0.3 is 5.69 Å². The maximum absolute atomic E-state index is 12.0. The van der Waals surface area contributed by atoms with E-state index < -0.39 is 5.69 Å². The van der Waals surface area contributed by atoms with E-state index >= 15 is 0 Å². The second-order valence-corrected chi connectivity index (χ2v) is 4.85. The van der Waals surface area contributed by atoms with Crippen LogP contribution in [0.5, 0.6) is 0 Å². The van der Waals surface area contributed by atoms with Crippen molar-refractivity contribution in [3.63, 3.8) is 0 Å². The van der Waals surface area contributed by atoms with Crippen LogP contribution in [0.3, 0.4) is 0 Å². The highest BCUT2D eigenvalue weighted by atomic mass is 35.5. The van der Waals surface area contributed by atoms with Gasteiger partial charge in [0.1, 0.15) is 5.15 Å². The minimum absolute atomic E-state index is 0.0408. The van der Waals surface area contributed by atoms with Crippen molar-refractivity contribution in [1.29, 1.82) is 0 Å². The van der Waals surface area contributed by atoms with Crippen molar-refractivity contribution in [2.24, 2.45) is 5.92 Å². The maximum Gasteiger partial charge on any atom is 0.329 e. The van der Waals surface area contributed by atoms with Gasteiger partial charge in [0.15, 0.2) is 0 Å². The molecule has 2 rings (SSSR count). The van der Waals surface area contributed by atoms with Gasteiger partial charge in [-0.15, -0.1) is 0 Å². The molecular weight excluding hydrogens is 228 g/mol. The van der Waals surface area contributed by atoms with Gasteiger partial charge in [-0.05, 0) is 32.6 Å². The minimum atomic E-state index is -0.403. The van der Waals surface area contributed by atoms with E-state index in [0.29, 0.717) is 11.5 Å². The largest absolute Gasteiger partial charge is 0.329 e. The summed E-state index contributed by atoms with van der Waals surface area (Å²) in [6.07, 6.45) is 3.37. The zero-order chi connectivity index (χ0) is 11.9. The minimum Gasteiger partial charge on any atom is -0.297 e. The predicted octanol–water partition coefficient (Wildman–Crippen LogP) is 1.86. The highest BCUT2D eigenvalue weighted by molar-refractivity contribution is 6.30. The van der Waals surface area contributed by atoms with E-state index in [-0.39, 0.29) is 16.8 Å². The number of aromatic amines is 1. The molecule has 0 aliphatic heterocycles. The average molecular weight is 243 g/mol. The Morgan fingerprint density at radius 2 is 2.06 bits per heavy atom. The second-order valence-electron chi connectivity index (χ2n) is 4.48. The van der Waals surface area contributed by atoms with Crippen molar-refractivity contribution in [1.82, 2.24) is 9.55 Å². The average Bonchev–Trinajstić information content (AvgIpc) is 2.11. The molecule has 1 fully saturated rings. The maximum atomic E-state index is 12.0. The molecule has 0 spiro atoms. The Bertz CT molecular complexity index is 514. The van der Waals surface area contributed by atoms with Gasteiger partial charge in [-0.2, -0.15) is 0 Å². The fraction of sp³-hybridized carbons (Fsp3) is 0.636. The van der Waals surface area contributed by atoms with Crippen LogP contribution in [0.1, 0.15) is 37.8 Å². The van der Waals surface area contributed by atoms with Gasteiger partial charge in [0.05, 0.1) is 0 Å². The van der Waals surface area contributed by atoms with E-state index in [1.165, 1.54) is 11.0 Å². The van der Waals surface area contributed by atoms with Crippen molar-refractivity contribution in [3.05, 3.63) is 31.6 Å². The summed E-state index contributed by atoms with van der Waals surface area (Å²) in [5, 5.41) is 0.145. The van der Waals surface area contributed by atoms with Crippen LogP contribution >= 0.6 is 11.6 Å². The van der Waals surface area contributed by atoms with Gasteiger partial charge in [-0.25, -0.2) is 4.79 Å². The number of nitrogens with one attached hydrogen (secondary N) is 1. The van der Waals surface area contributed by atoms with Crippen LogP contribution < -0.4 is 11.2 Å². The summed E-state index contributed by atoms with van der Waals surface area (Å²) in [4.78, 5) is 26.2. The number of halogens is 1. The van der Waals surface area contributed by atoms with Crippen molar-refractivity contribution in [2.75, 3.05) is 0 Å². The van der Waals surface area contributed by atoms with Gasteiger partial charge in [0.25, 0.3) is 5.56 Å². The van der Waals surface area contributed by atoms with Gasteiger partial charge in [-0.1, -0.05) is 18.0 Å². The first-order valence-corrected chi connectivity index (χ1v) is 5.91. The Morgan fingerprint density at radius 1 is 1.44 bits per heavy atom. The normalized spacial score (nSPS) is 18.2. The van der Waals surface area contributed by atoms with Crippen LogP contribution in [0.15, 0.2) is 9.59 Å². The van der Waals surface area contributed by atoms with Crippen LogP contribution in [0.2, 0.25) is 5.15 Å². The fourth-order valence-corrected chi connectivity index (χ4v) is 2.28. The van der Waals surface area contributed by atoms with Crippen LogP contribution in [-0.2, 0) is 0 Å². The molecule has 0 bridgehead atoms. The second kappa shape index (κ2) is 4.09. The molecule has 88 valence electrons. The van der Waals surface area contributed by atoms with E-state index in [1.54, 1.807) is 6.92 Å².